The van der Waals surface area contributed by atoms with Crippen molar-refractivity contribution in [2.75, 3.05) is 31.1 Å². The molecule has 2 aromatic carbocycles. The van der Waals surface area contributed by atoms with Crippen molar-refractivity contribution in [3.63, 3.8) is 0 Å². The van der Waals surface area contributed by atoms with Crippen molar-refractivity contribution < 1.29 is 14.1 Å². The Morgan fingerprint density at radius 2 is 1.88 bits per heavy atom. The molecule has 2 aromatic heterocycles. The highest BCUT2D eigenvalue weighted by molar-refractivity contribution is 6.01. The van der Waals surface area contributed by atoms with Gasteiger partial charge in [-0.3, -0.25) is 24.3 Å². The Morgan fingerprint density at radius 1 is 1.09 bits per heavy atom. The molecule has 0 radical (unpaired) electrons. The standard InChI is InChI=1S/C22H19N5O5/c28-19(25-10-8-24(9-11-25)15-4-3-5-16(12-15)27(30)31)13-26-14-23-20-17-6-1-2-7-18(17)32-21(20)22(26)29/h1-7,12,14H,8-11,13H2. The van der Waals surface area contributed by atoms with Gasteiger partial charge in [-0.1, -0.05) is 18.2 Å². The van der Waals surface area contributed by atoms with Crippen LogP contribution in [0.3, 0.4) is 0 Å². The molecule has 0 aliphatic carbocycles. The first-order chi connectivity index (χ1) is 15.5. The van der Waals surface area contributed by atoms with Gasteiger partial charge in [-0.25, -0.2) is 4.98 Å². The summed E-state index contributed by atoms with van der Waals surface area (Å²) in [7, 11) is 0. The Bertz CT molecular complexity index is 1400. The van der Waals surface area contributed by atoms with E-state index < -0.39 is 10.5 Å². The van der Waals surface area contributed by atoms with E-state index >= 15 is 0 Å². The van der Waals surface area contributed by atoms with E-state index in [1.165, 1.54) is 23.0 Å². The number of carbonyl (C=O) groups excluding carboxylic acids is 1. The van der Waals surface area contributed by atoms with Crippen LogP contribution >= 0.6 is 0 Å². The van der Waals surface area contributed by atoms with E-state index in [-0.39, 0.29) is 23.7 Å². The summed E-state index contributed by atoms with van der Waals surface area (Å²) in [4.78, 5) is 44.3. The third-order valence-corrected chi connectivity index (χ3v) is 5.69. The van der Waals surface area contributed by atoms with Crippen molar-refractivity contribution in [2.45, 2.75) is 6.54 Å². The highest BCUT2D eigenvalue weighted by Crippen LogP contribution is 2.24. The van der Waals surface area contributed by atoms with Crippen molar-refractivity contribution in [3.8, 4) is 0 Å². The summed E-state index contributed by atoms with van der Waals surface area (Å²) in [5, 5.41) is 11.8. The number of carbonyl (C=O) groups is 1. The largest absolute Gasteiger partial charge is 0.448 e. The molecule has 0 unspecified atom stereocenters. The van der Waals surface area contributed by atoms with E-state index in [0.717, 1.165) is 11.1 Å². The normalized spacial score (nSPS) is 14.2. The molecule has 5 rings (SSSR count). The van der Waals surface area contributed by atoms with E-state index in [0.29, 0.717) is 37.3 Å². The lowest BCUT2D eigenvalue weighted by Gasteiger charge is -2.36. The molecule has 10 heteroatoms. The van der Waals surface area contributed by atoms with Crippen molar-refractivity contribution in [1.82, 2.24) is 14.5 Å². The predicted molar refractivity (Wildman–Crippen MR) is 118 cm³/mol. The minimum absolute atomic E-state index is 0.0360. The Morgan fingerprint density at radius 3 is 2.66 bits per heavy atom. The molecule has 1 fully saturated rings. The number of benzene rings is 2. The minimum Gasteiger partial charge on any atom is -0.448 e. The number of rotatable bonds is 4. The van der Waals surface area contributed by atoms with Gasteiger partial charge >= 0.3 is 0 Å². The molecular formula is C22H19N5O5. The lowest BCUT2D eigenvalue weighted by molar-refractivity contribution is -0.384. The number of non-ortho nitro benzene ring substituents is 1. The molecule has 162 valence electrons. The molecule has 1 aliphatic rings. The first kappa shape index (κ1) is 19.7. The fourth-order valence-electron chi connectivity index (χ4n) is 3.99. The number of piperazine rings is 1. The fourth-order valence-corrected chi connectivity index (χ4v) is 3.99. The highest BCUT2D eigenvalue weighted by atomic mass is 16.6. The SMILES string of the molecule is O=C(Cn1cnc2c(oc3ccccc32)c1=O)N1CCN(c2cccc([N+](=O)[O-])c2)CC1. The van der Waals surface area contributed by atoms with Gasteiger partial charge in [0.2, 0.25) is 11.5 Å². The van der Waals surface area contributed by atoms with Crippen molar-refractivity contribution >= 4 is 39.4 Å². The number of furan rings is 1. The molecule has 32 heavy (non-hydrogen) atoms. The molecule has 1 amide bonds. The maximum absolute atomic E-state index is 12.8. The minimum atomic E-state index is -0.423. The fraction of sp³-hybridized carbons (Fsp3) is 0.227. The second kappa shape index (κ2) is 7.80. The summed E-state index contributed by atoms with van der Waals surface area (Å²) in [6, 6.07) is 13.7. The lowest BCUT2D eigenvalue weighted by Crippen LogP contribution is -2.50. The van der Waals surface area contributed by atoms with Crippen LogP contribution in [-0.4, -0.2) is 51.5 Å². The van der Waals surface area contributed by atoms with Gasteiger partial charge in [-0.05, 0) is 18.2 Å². The smallest absolute Gasteiger partial charge is 0.297 e. The second-order valence-corrected chi connectivity index (χ2v) is 7.60. The van der Waals surface area contributed by atoms with Crippen LogP contribution in [0.5, 0.6) is 0 Å². The molecule has 0 saturated carbocycles. The number of fused-ring (bicyclic) bond motifs is 3. The van der Waals surface area contributed by atoms with Crippen LogP contribution in [0.15, 0.2) is 64.1 Å². The average Bonchev–Trinajstić information content (AvgIpc) is 3.20. The molecule has 0 atom stereocenters. The third kappa shape index (κ3) is 3.45. The monoisotopic (exact) mass is 433 g/mol. The second-order valence-electron chi connectivity index (χ2n) is 7.60. The van der Waals surface area contributed by atoms with Gasteiger partial charge < -0.3 is 14.2 Å². The maximum Gasteiger partial charge on any atom is 0.297 e. The predicted octanol–water partition coefficient (Wildman–Crippen LogP) is 2.40. The number of amides is 1. The van der Waals surface area contributed by atoms with E-state index in [4.69, 9.17) is 4.42 Å². The highest BCUT2D eigenvalue weighted by Gasteiger charge is 2.23. The number of aromatic nitrogens is 2. The summed E-state index contributed by atoms with van der Waals surface area (Å²) < 4.78 is 6.93. The number of hydrogen-bond acceptors (Lipinski definition) is 7. The Balaban J connectivity index is 1.29. The molecule has 0 bridgehead atoms. The van der Waals surface area contributed by atoms with Crippen LogP contribution in [0.1, 0.15) is 0 Å². The van der Waals surface area contributed by atoms with Crippen molar-refractivity contribution in [3.05, 3.63) is 75.3 Å². The van der Waals surface area contributed by atoms with Crippen LogP contribution in [0.4, 0.5) is 11.4 Å². The van der Waals surface area contributed by atoms with E-state index in [1.54, 1.807) is 17.0 Å². The number of nitro benzene ring substituents is 1. The summed E-state index contributed by atoms with van der Waals surface area (Å²) in [6.45, 7) is 1.87. The molecule has 4 aromatic rings. The van der Waals surface area contributed by atoms with Gasteiger partial charge in [0.1, 0.15) is 17.6 Å². The zero-order valence-electron chi connectivity index (χ0n) is 17.0. The molecule has 3 heterocycles. The maximum atomic E-state index is 12.8. The number of anilines is 1. The van der Waals surface area contributed by atoms with Crippen LogP contribution in [0.2, 0.25) is 0 Å². The van der Waals surface area contributed by atoms with Crippen LogP contribution in [-0.2, 0) is 11.3 Å². The van der Waals surface area contributed by atoms with Crippen LogP contribution in [0.25, 0.3) is 22.1 Å². The van der Waals surface area contributed by atoms with Gasteiger partial charge in [-0.2, -0.15) is 0 Å². The molecule has 0 N–H and O–H groups in total. The number of nitro groups is 1. The van der Waals surface area contributed by atoms with E-state index in [9.17, 15) is 19.7 Å². The summed E-state index contributed by atoms with van der Waals surface area (Å²) >= 11 is 0. The molecule has 0 spiro atoms. The van der Waals surface area contributed by atoms with E-state index in [1.807, 2.05) is 29.2 Å². The van der Waals surface area contributed by atoms with Crippen LogP contribution < -0.4 is 10.5 Å². The Hall–Kier alpha value is -4.21. The van der Waals surface area contributed by atoms with Crippen LogP contribution in [0, 0.1) is 10.1 Å². The lowest BCUT2D eigenvalue weighted by atomic mass is 10.2. The molecule has 1 aliphatic heterocycles. The van der Waals surface area contributed by atoms with Gasteiger partial charge in [0, 0.05) is 49.4 Å². The van der Waals surface area contributed by atoms with Crippen molar-refractivity contribution in [1.29, 1.82) is 0 Å². The third-order valence-electron chi connectivity index (χ3n) is 5.69. The Labute approximate surface area is 181 Å². The van der Waals surface area contributed by atoms with Gasteiger partial charge in [0.15, 0.2) is 0 Å². The van der Waals surface area contributed by atoms with E-state index in [2.05, 4.69) is 4.98 Å². The zero-order chi connectivity index (χ0) is 22.2. The number of hydrogen-bond donors (Lipinski definition) is 0. The quantitative estimate of drug-likeness (QED) is 0.358. The molecular weight excluding hydrogens is 414 g/mol. The van der Waals surface area contributed by atoms with Crippen molar-refractivity contribution in [2.24, 2.45) is 0 Å². The number of nitrogens with zero attached hydrogens (tertiary/aromatic N) is 5. The molecule has 10 nitrogen and oxygen atoms in total. The number of para-hydroxylation sites is 1. The average molecular weight is 433 g/mol. The zero-order valence-corrected chi connectivity index (χ0v) is 17.0. The first-order valence-corrected chi connectivity index (χ1v) is 10.1. The van der Waals surface area contributed by atoms with Gasteiger partial charge in [0.25, 0.3) is 11.2 Å². The molecule has 1 saturated heterocycles. The summed E-state index contributed by atoms with van der Waals surface area (Å²) in [6.07, 6.45) is 1.38. The van der Waals surface area contributed by atoms with Gasteiger partial charge in [0.05, 0.1) is 11.3 Å². The van der Waals surface area contributed by atoms with Gasteiger partial charge in [-0.15, -0.1) is 0 Å². The summed E-state index contributed by atoms with van der Waals surface area (Å²) in [5.74, 6) is -0.192. The first-order valence-electron chi connectivity index (χ1n) is 10.1. The Kier molecular flexibility index (Phi) is 4.81. The topological polar surface area (TPSA) is 115 Å². The summed E-state index contributed by atoms with van der Waals surface area (Å²) in [5.41, 5.74) is 1.59.